The summed E-state index contributed by atoms with van der Waals surface area (Å²) in [6, 6.07) is 2.22. The van der Waals surface area contributed by atoms with E-state index in [9.17, 15) is 30.1 Å². The van der Waals surface area contributed by atoms with E-state index in [1.165, 1.54) is 0 Å². The Morgan fingerprint density at radius 3 is 2.00 bits per heavy atom. The fourth-order valence-electron chi connectivity index (χ4n) is 0.951. The molecule has 77 valence electrons. The van der Waals surface area contributed by atoms with E-state index in [2.05, 4.69) is 0 Å². The van der Waals surface area contributed by atoms with Crippen molar-refractivity contribution in [1.29, 1.82) is 0 Å². The van der Waals surface area contributed by atoms with Gasteiger partial charge in [0, 0.05) is 12.1 Å². The molecule has 15 heavy (non-hydrogen) atoms. The molecule has 1 radical (unpaired) electrons. The Bertz CT molecular complexity index is 455. The van der Waals surface area contributed by atoms with Crippen LogP contribution >= 0.6 is 0 Å². The molecular formula is C7H3N2O6. The highest BCUT2D eigenvalue weighted by Crippen LogP contribution is 2.27. The van der Waals surface area contributed by atoms with E-state index >= 15 is 0 Å². The van der Waals surface area contributed by atoms with Crippen molar-refractivity contribution in [2.75, 3.05) is 0 Å². The van der Waals surface area contributed by atoms with Gasteiger partial charge in [-0.05, 0) is 6.07 Å². The van der Waals surface area contributed by atoms with Gasteiger partial charge in [0.05, 0.1) is 15.4 Å². The number of hydrogen-bond donors (Lipinski definition) is 0. The normalized spacial score (nSPS) is 9.60. The molecule has 0 unspecified atom stereocenters. The van der Waals surface area contributed by atoms with E-state index in [0.29, 0.717) is 6.07 Å². The average Bonchev–Trinajstić information content (AvgIpc) is 2.16. The Balaban J connectivity index is 3.40. The highest BCUT2D eigenvalue weighted by molar-refractivity contribution is 5.88. The fourth-order valence-corrected chi connectivity index (χ4v) is 0.951. The summed E-state index contributed by atoms with van der Waals surface area (Å²) in [5, 5.41) is 31.1. The number of rotatable bonds is 3. The molecule has 0 amide bonds. The molecule has 8 nitrogen and oxygen atoms in total. The van der Waals surface area contributed by atoms with Gasteiger partial charge in [-0.2, -0.15) is 0 Å². The monoisotopic (exact) mass is 211 g/mol. The summed E-state index contributed by atoms with van der Waals surface area (Å²) in [5.41, 5.74) is -2.11. The summed E-state index contributed by atoms with van der Waals surface area (Å²) in [6.07, 6.45) is 0. The molecule has 0 fully saturated rings. The first-order valence-electron chi connectivity index (χ1n) is 3.57. The standard InChI is InChI=1S/C7H3N2O6/c10-7(11)4-1-2-5(8(12)13)6(3-4)9(14)15/h1-3H. The Morgan fingerprint density at radius 2 is 1.60 bits per heavy atom. The second-order valence-corrected chi connectivity index (χ2v) is 2.51. The molecule has 0 heterocycles. The van der Waals surface area contributed by atoms with Gasteiger partial charge < -0.3 is 0 Å². The Labute approximate surface area is 82.1 Å². The smallest absolute Gasteiger partial charge is 0.258 e. The number of carbonyl (C=O) groups excluding carboxylic acids is 1. The maximum atomic E-state index is 10.4. The van der Waals surface area contributed by atoms with Crippen LogP contribution in [0.25, 0.3) is 0 Å². The van der Waals surface area contributed by atoms with Gasteiger partial charge in [-0.25, -0.2) is 9.90 Å². The number of nitro groups is 2. The molecule has 0 aromatic heterocycles. The second-order valence-electron chi connectivity index (χ2n) is 2.51. The van der Waals surface area contributed by atoms with Crippen molar-refractivity contribution >= 4 is 17.3 Å². The van der Waals surface area contributed by atoms with Crippen molar-refractivity contribution in [1.82, 2.24) is 0 Å². The predicted octanol–water partition coefficient (Wildman–Crippen LogP) is 1.07. The molecule has 0 spiro atoms. The molecule has 0 aliphatic heterocycles. The number of nitrogens with zero attached hydrogens (tertiary/aromatic N) is 2. The Hall–Kier alpha value is -2.51. The van der Waals surface area contributed by atoms with Gasteiger partial charge in [-0.3, -0.25) is 20.2 Å². The van der Waals surface area contributed by atoms with Gasteiger partial charge in [0.15, 0.2) is 0 Å². The van der Waals surface area contributed by atoms with Crippen LogP contribution in [0.15, 0.2) is 18.2 Å². The first kappa shape index (κ1) is 10.6. The molecule has 0 aliphatic carbocycles. The zero-order valence-corrected chi connectivity index (χ0v) is 7.08. The first-order chi connectivity index (χ1) is 6.93. The summed E-state index contributed by atoms with van der Waals surface area (Å²) in [5.74, 6) is -1.63. The lowest BCUT2D eigenvalue weighted by Crippen LogP contribution is -2.00. The number of carbonyl (C=O) groups is 1. The van der Waals surface area contributed by atoms with Crippen LogP contribution in [0, 0.1) is 20.2 Å². The molecule has 1 rings (SSSR count). The van der Waals surface area contributed by atoms with Crippen LogP contribution in [-0.4, -0.2) is 15.8 Å². The zero-order valence-electron chi connectivity index (χ0n) is 7.08. The van der Waals surface area contributed by atoms with Gasteiger partial charge in [-0.15, -0.1) is 0 Å². The number of benzene rings is 1. The van der Waals surface area contributed by atoms with Crippen molar-refractivity contribution in [3.8, 4) is 0 Å². The Kier molecular flexibility index (Phi) is 2.61. The first-order valence-corrected chi connectivity index (χ1v) is 3.57. The van der Waals surface area contributed by atoms with Gasteiger partial charge in [0.1, 0.15) is 0 Å². The molecule has 8 heteroatoms. The molecule has 0 saturated heterocycles. The SMILES string of the molecule is [O]C(=O)c1ccc([N+](=O)[O-])c([N+](=O)[O-])c1. The molecule has 1 aromatic carbocycles. The maximum absolute atomic E-state index is 10.4. The largest absolute Gasteiger partial charge is 0.386 e. The third kappa shape index (κ3) is 2.05. The highest BCUT2D eigenvalue weighted by atomic mass is 16.6. The van der Waals surface area contributed by atoms with Gasteiger partial charge in [-0.1, -0.05) is 0 Å². The maximum Gasteiger partial charge on any atom is 0.386 e. The van der Waals surface area contributed by atoms with Gasteiger partial charge in [0.25, 0.3) is 0 Å². The molecule has 0 saturated carbocycles. The van der Waals surface area contributed by atoms with Gasteiger partial charge >= 0.3 is 17.3 Å². The van der Waals surface area contributed by atoms with Crippen LogP contribution < -0.4 is 0 Å². The third-order valence-electron chi connectivity index (χ3n) is 1.60. The van der Waals surface area contributed by atoms with Crippen LogP contribution in [0.3, 0.4) is 0 Å². The van der Waals surface area contributed by atoms with E-state index in [1.807, 2.05) is 0 Å². The summed E-state index contributed by atoms with van der Waals surface area (Å²) >= 11 is 0. The lowest BCUT2D eigenvalue weighted by molar-refractivity contribution is -0.422. The molecule has 0 aliphatic rings. The van der Waals surface area contributed by atoms with Crippen molar-refractivity contribution in [2.45, 2.75) is 0 Å². The summed E-state index contributed by atoms with van der Waals surface area (Å²) in [7, 11) is 0. The lowest BCUT2D eigenvalue weighted by Gasteiger charge is -1.95. The lowest BCUT2D eigenvalue weighted by atomic mass is 10.2. The van der Waals surface area contributed by atoms with E-state index in [0.717, 1.165) is 12.1 Å². The van der Waals surface area contributed by atoms with Crippen LogP contribution in [-0.2, 0) is 5.11 Å². The van der Waals surface area contributed by atoms with Gasteiger partial charge in [0.2, 0.25) is 0 Å². The topological polar surface area (TPSA) is 123 Å². The molecular weight excluding hydrogens is 208 g/mol. The number of nitro benzene ring substituents is 2. The van der Waals surface area contributed by atoms with Crippen LogP contribution in [0.5, 0.6) is 0 Å². The molecule has 0 bridgehead atoms. The van der Waals surface area contributed by atoms with Crippen molar-refractivity contribution in [3.63, 3.8) is 0 Å². The summed E-state index contributed by atoms with van der Waals surface area (Å²) in [6.45, 7) is 0. The highest BCUT2D eigenvalue weighted by Gasteiger charge is 2.25. The van der Waals surface area contributed by atoms with Crippen LogP contribution in [0.4, 0.5) is 11.4 Å². The quantitative estimate of drug-likeness (QED) is 0.546. The Morgan fingerprint density at radius 1 is 1.07 bits per heavy atom. The van der Waals surface area contributed by atoms with E-state index in [1.54, 1.807) is 0 Å². The van der Waals surface area contributed by atoms with Crippen LogP contribution in [0.2, 0.25) is 0 Å². The minimum absolute atomic E-state index is 0.479. The average molecular weight is 211 g/mol. The summed E-state index contributed by atoms with van der Waals surface area (Å²) < 4.78 is 0. The van der Waals surface area contributed by atoms with Crippen LogP contribution in [0.1, 0.15) is 10.4 Å². The minimum atomic E-state index is -1.63. The number of hydrogen-bond acceptors (Lipinski definition) is 5. The van der Waals surface area contributed by atoms with Crippen molar-refractivity contribution < 1.29 is 19.7 Å². The molecule has 1 aromatic rings. The van der Waals surface area contributed by atoms with Crippen molar-refractivity contribution in [3.05, 3.63) is 44.0 Å². The molecule has 0 atom stereocenters. The minimum Gasteiger partial charge on any atom is -0.258 e. The van der Waals surface area contributed by atoms with E-state index < -0.39 is 32.8 Å². The van der Waals surface area contributed by atoms with E-state index in [-0.39, 0.29) is 0 Å². The van der Waals surface area contributed by atoms with E-state index in [4.69, 9.17) is 0 Å². The molecule has 0 N–H and O–H groups in total. The fraction of sp³-hybridized carbons (Fsp3) is 0. The second kappa shape index (κ2) is 3.70. The predicted molar refractivity (Wildman–Crippen MR) is 44.8 cm³/mol. The summed E-state index contributed by atoms with van der Waals surface area (Å²) in [4.78, 5) is 29.1. The van der Waals surface area contributed by atoms with Crippen molar-refractivity contribution in [2.24, 2.45) is 0 Å². The zero-order chi connectivity index (χ0) is 11.6. The third-order valence-corrected chi connectivity index (χ3v) is 1.60.